The maximum atomic E-state index is 11.7. The summed E-state index contributed by atoms with van der Waals surface area (Å²) in [6, 6.07) is 17.3. The summed E-state index contributed by atoms with van der Waals surface area (Å²) in [5, 5.41) is 2.81. The van der Waals surface area contributed by atoms with Crippen molar-refractivity contribution in [2.45, 2.75) is 19.6 Å². The lowest BCUT2D eigenvalue weighted by Crippen LogP contribution is -2.27. The Hall–Kier alpha value is -1.81. The van der Waals surface area contributed by atoms with Gasteiger partial charge in [0.1, 0.15) is 6.61 Å². The monoisotopic (exact) mass is 333 g/mol. The quantitative estimate of drug-likeness (QED) is 0.898. The van der Waals surface area contributed by atoms with Crippen LogP contribution in [0.2, 0.25) is 0 Å². The van der Waals surface area contributed by atoms with Crippen molar-refractivity contribution in [3.05, 3.63) is 70.2 Å². The Kier molecular flexibility index (Phi) is 5.18. The van der Waals surface area contributed by atoms with Gasteiger partial charge in [0.05, 0.1) is 6.04 Å². The van der Waals surface area contributed by atoms with Crippen LogP contribution < -0.4 is 5.32 Å². The normalized spacial score (nSPS) is 11.7. The van der Waals surface area contributed by atoms with E-state index in [0.717, 1.165) is 15.6 Å². The maximum Gasteiger partial charge on any atom is 0.407 e. The first-order chi connectivity index (χ1) is 9.65. The average molecular weight is 334 g/mol. The zero-order valence-electron chi connectivity index (χ0n) is 11.2. The Bertz CT molecular complexity index is 572. The molecule has 0 spiro atoms. The second kappa shape index (κ2) is 7.10. The minimum atomic E-state index is -0.415. The molecule has 1 amide bonds. The van der Waals surface area contributed by atoms with E-state index in [4.69, 9.17) is 4.74 Å². The Morgan fingerprint density at radius 2 is 1.95 bits per heavy atom. The van der Waals surface area contributed by atoms with E-state index in [1.54, 1.807) is 0 Å². The van der Waals surface area contributed by atoms with E-state index in [1.165, 1.54) is 0 Å². The van der Waals surface area contributed by atoms with Crippen molar-refractivity contribution in [3.8, 4) is 0 Å². The van der Waals surface area contributed by atoms with Crippen molar-refractivity contribution >= 4 is 22.0 Å². The number of hydrogen-bond donors (Lipinski definition) is 1. The summed E-state index contributed by atoms with van der Waals surface area (Å²) in [5.41, 5.74) is 1.99. The predicted molar refractivity (Wildman–Crippen MR) is 82.3 cm³/mol. The summed E-state index contributed by atoms with van der Waals surface area (Å²) in [5.74, 6) is 0. The zero-order chi connectivity index (χ0) is 14.4. The molecule has 0 radical (unpaired) electrons. The number of rotatable bonds is 4. The van der Waals surface area contributed by atoms with Gasteiger partial charge in [-0.2, -0.15) is 0 Å². The van der Waals surface area contributed by atoms with Crippen LogP contribution in [0.5, 0.6) is 0 Å². The fourth-order valence-electron chi connectivity index (χ4n) is 1.80. The molecule has 0 aliphatic rings. The molecule has 0 fully saturated rings. The molecular weight excluding hydrogens is 318 g/mol. The van der Waals surface area contributed by atoms with Crippen LogP contribution in [0, 0.1) is 0 Å². The van der Waals surface area contributed by atoms with E-state index in [1.807, 2.05) is 61.5 Å². The maximum absolute atomic E-state index is 11.7. The van der Waals surface area contributed by atoms with Gasteiger partial charge in [-0.15, -0.1) is 0 Å². The van der Waals surface area contributed by atoms with Crippen LogP contribution in [0.15, 0.2) is 59.1 Å². The summed E-state index contributed by atoms with van der Waals surface area (Å²) in [4.78, 5) is 11.7. The fourth-order valence-corrected chi connectivity index (χ4v) is 2.22. The van der Waals surface area contributed by atoms with Crippen molar-refractivity contribution in [2.75, 3.05) is 0 Å². The highest BCUT2D eigenvalue weighted by Crippen LogP contribution is 2.17. The number of carbonyl (C=O) groups excluding carboxylic acids is 1. The second-order valence-corrected chi connectivity index (χ2v) is 5.40. The summed E-state index contributed by atoms with van der Waals surface area (Å²) in [6.45, 7) is 2.20. The molecule has 1 N–H and O–H groups in total. The first kappa shape index (κ1) is 14.6. The van der Waals surface area contributed by atoms with E-state index >= 15 is 0 Å². The summed E-state index contributed by atoms with van der Waals surface area (Å²) in [6.07, 6.45) is -0.415. The first-order valence-corrected chi connectivity index (χ1v) is 7.17. The van der Waals surface area contributed by atoms with Crippen LogP contribution in [0.4, 0.5) is 4.79 Å². The van der Waals surface area contributed by atoms with Crippen molar-refractivity contribution < 1.29 is 9.53 Å². The molecule has 3 nitrogen and oxygen atoms in total. The molecule has 0 saturated carbocycles. The Balaban J connectivity index is 1.85. The molecule has 0 bridgehead atoms. The SMILES string of the molecule is C[C@H](NC(=O)OCc1ccccc1)c1cccc(Br)c1. The number of halogens is 1. The second-order valence-electron chi connectivity index (χ2n) is 4.48. The van der Waals surface area contributed by atoms with E-state index in [2.05, 4.69) is 21.2 Å². The molecule has 2 aromatic rings. The lowest BCUT2D eigenvalue weighted by Gasteiger charge is -2.14. The smallest absolute Gasteiger partial charge is 0.407 e. The van der Waals surface area contributed by atoms with Gasteiger partial charge in [-0.1, -0.05) is 58.4 Å². The number of carbonyl (C=O) groups is 1. The van der Waals surface area contributed by atoms with Crippen LogP contribution in [-0.4, -0.2) is 6.09 Å². The lowest BCUT2D eigenvalue weighted by molar-refractivity contribution is 0.136. The van der Waals surface area contributed by atoms with E-state index in [-0.39, 0.29) is 12.6 Å². The molecule has 2 aromatic carbocycles. The number of alkyl carbamates (subject to hydrolysis) is 1. The number of benzene rings is 2. The molecule has 0 aromatic heterocycles. The Morgan fingerprint density at radius 1 is 1.20 bits per heavy atom. The fraction of sp³-hybridized carbons (Fsp3) is 0.188. The minimum absolute atomic E-state index is 0.101. The van der Waals surface area contributed by atoms with Gasteiger partial charge in [0.25, 0.3) is 0 Å². The van der Waals surface area contributed by atoms with Crippen LogP contribution in [-0.2, 0) is 11.3 Å². The van der Waals surface area contributed by atoms with Crippen LogP contribution >= 0.6 is 15.9 Å². The molecule has 0 unspecified atom stereocenters. The summed E-state index contributed by atoms with van der Waals surface area (Å²) in [7, 11) is 0. The van der Waals surface area contributed by atoms with Crippen molar-refractivity contribution in [1.82, 2.24) is 5.32 Å². The van der Waals surface area contributed by atoms with Gasteiger partial charge >= 0.3 is 6.09 Å². The summed E-state index contributed by atoms with van der Waals surface area (Å²) >= 11 is 3.41. The number of ether oxygens (including phenoxy) is 1. The van der Waals surface area contributed by atoms with Crippen molar-refractivity contribution in [2.24, 2.45) is 0 Å². The molecule has 104 valence electrons. The molecule has 0 saturated heterocycles. The number of hydrogen-bond acceptors (Lipinski definition) is 2. The number of nitrogens with one attached hydrogen (secondary N) is 1. The standard InChI is InChI=1S/C16H16BrNO2/c1-12(14-8-5-9-15(17)10-14)18-16(19)20-11-13-6-3-2-4-7-13/h2-10,12H,11H2,1H3,(H,18,19)/t12-/m0/s1. The van der Waals surface area contributed by atoms with E-state index < -0.39 is 6.09 Å². The van der Waals surface area contributed by atoms with Gasteiger partial charge in [-0.3, -0.25) is 0 Å². The third-order valence-corrected chi connectivity index (χ3v) is 3.39. The molecule has 4 heteroatoms. The largest absolute Gasteiger partial charge is 0.445 e. The minimum Gasteiger partial charge on any atom is -0.445 e. The average Bonchev–Trinajstić information content (AvgIpc) is 2.46. The first-order valence-electron chi connectivity index (χ1n) is 6.38. The topological polar surface area (TPSA) is 38.3 Å². The van der Waals surface area contributed by atoms with Gasteiger partial charge in [0.2, 0.25) is 0 Å². The molecule has 0 heterocycles. The van der Waals surface area contributed by atoms with Gasteiger partial charge in [0.15, 0.2) is 0 Å². The molecule has 1 atom stereocenters. The van der Waals surface area contributed by atoms with Gasteiger partial charge < -0.3 is 10.1 Å². The van der Waals surface area contributed by atoms with Crippen LogP contribution in [0.25, 0.3) is 0 Å². The molecule has 2 rings (SSSR count). The Morgan fingerprint density at radius 3 is 2.65 bits per heavy atom. The highest BCUT2D eigenvalue weighted by Gasteiger charge is 2.10. The van der Waals surface area contributed by atoms with E-state index in [0.29, 0.717) is 0 Å². The molecule has 0 aliphatic carbocycles. The molecule has 0 aliphatic heterocycles. The molecular formula is C16H16BrNO2. The highest BCUT2D eigenvalue weighted by molar-refractivity contribution is 9.10. The van der Waals surface area contributed by atoms with E-state index in [9.17, 15) is 4.79 Å². The zero-order valence-corrected chi connectivity index (χ0v) is 12.8. The van der Waals surface area contributed by atoms with Gasteiger partial charge in [0, 0.05) is 4.47 Å². The third kappa shape index (κ3) is 4.38. The summed E-state index contributed by atoms with van der Waals surface area (Å²) < 4.78 is 6.18. The van der Waals surface area contributed by atoms with Gasteiger partial charge in [-0.25, -0.2) is 4.79 Å². The van der Waals surface area contributed by atoms with Crippen molar-refractivity contribution in [1.29, 1.82) is 0 Å². The van der Waals surface area contributed by atoms with Crippen LogP contribution in [0.3, 0.4) is 0 Å². The highest BCUT2D eigenvalue weighted by atomic mass is 79.9. The van der Waals surface area contributed by atoms with Crippen molar-refractivity contribution in [3.63, 3.8) is 0 Å². The number of amides is 1. The lowest BCUT2D eigenvalue weighted by atomic mass is 10.1. The predicted octanol–water partition coefficient (Wildman–Crippen LogP) is 4.44. The molecule has 20 heavy (non-hydrogen) atoms. The van der Waals surface area contributed by atoms with Gasteiger partial charge in [-0.05, 0) is 30.2 Å². The third-order valence-electron chi connectivity index (χ3n) is 2.90. The van der Waals surface area contributed by atoms with Crippen LogP contribution in [0.1, 0.15) is 24.1 Å². The Labute approximate surface area is 127 Å².